The van der Waals surface area contributed by atoms with Gasteiger partial charge in [0.2, 0.25) is 5.95 Å². The fraction of sp³-hybridized carbons (Fsp3) is 0.440. The number of rotatable bonds is 6. The molecule has 2 fully saturated rings. The van der Waals surface area contributed by atoms with Crippen molar-refractivity contribution in [3.05, 3.63) is 48.2 Å². The number of carbonyl (C=O) groups is 1. The van der Waals surface area contributed by atoms with Crippen LogP contribution in [0.2, 0.25) is 0 Å². The Morgan fingerprint density at radius 1 is 1.16 bits per heavy atom. The molecule has 1 aliphatic carbocycles. The third-order valence-corrected chi connectivity index (χ3v) is 7.40. The van der Waals surface area contributed by atoms with Crippen LogP contribution in [-0.2, 0) is 0 Å². The van der Waals surface area contributed by atoms with Gasteiger partial charge in [0.15, 0.2) is 5.65 Å². The summed E-state index contributed by atoms with van der Waals surface area (Å²) in [6.07, 6.45) is 10.7. The molecule has 0 spiro atoms. The van der Waals surface area contributed by atoms with Crippen molar-refractivity contribution in [2.75, 3.05) is 23.3 Å². The molecule has 1 saturated carbocycles. The van der Waals surface area contributed by atoms with Crippen molar-refractivity contribution >= 4 is 29.3 Å². The van der Waals surface area contributed by atoms with Gasteiger partial charge in [-0.05, 0) is 73.4 Å². The number of carbonyl (C=O) groups excluding carboxylic acids is 1. The van der Waals surface area contributed by atoms with E-state index in [9.17, 15) is 10.1 Å². The second-order valence-electron chi connectivity index (χ2n) is 9.13. The number of aromatic nitrogens is 3. The molecule has 3 aromatic rings. The van der Waals surface area contributed by atoms with Gasteiger partial charge in [0, 0.05) is 37.0 Å². The molecule has 0 amide bonds. The maximum Gasteiger partial charge on any atom is 0.247 e. The van der Waals surface area contributed by atoms with E-state index in [4.69, 9.17) is 4.98 Å². The lowest BCUT2D eigenvalue weighted by Crippen LogP contribution is -2.43. The third kappa shape index (κ3) is 3.81. The molecule has 0 radical (unpaired) electrons. The van der Waals surface area contributed by atoms with Crippen LogP contribution in [0.4, 0.5) is 17.3 Å². The molecule has 1 N–H and O–H groups in total. The summed E-state index contributed by atoms with van der Waals surface area (Å²) in [7, 11) is 0. The number of hydrogen-bond donors (Lipinski definition) is 1. The minimum atomic E-state index is 0.181. The molecule has 0 bridgehead atoms. The first-order chi connectivity index (χ1) is 15.7. The second kappa shape index (κ2) is 8.62. The Hall–Kier alpha value is -3.40. The number of nitriles is 1. The topological polar surface area (TPSA) is 86.3 Å². The Morgan fingerprint density at radius 2 is 1.91 bits per heavy atom. The van der Waals surface area contributed by atoms with Crippen LogP contribution in [0, 0.1) is 22.7 Å². The van der Waals surface area contributed by atoms with Gasteiger partial charge in [-0.3, -0.25) is 4.79 Å². The molecular weight excluding hydrogens is 400 g/mol. The number of piperidine rings is 1. The Bertz CT molecular complexity index is 1130. The molecule has 1 aliphatic heterocycles. The molecular formula is C25H28N6O. The summed E-state index contributed by atoms with van der Waals surface area (Å²) in [6.45, 7) is 1.89. The zero-order valence-corrected chi connectivity index (χ0v) is 18.2. The first-order valence-corrected chi connectivity index (χ1v) is 11.5. The van der Waals surface area contributed by atoms with Gasteiger partial charge in [-0.15, -0.1) is 5.10 Å². The highest BCUT2D eigenvalue weighted by Gasteiger charge is 2.42. The molecule has 2 aromatic heterocycles. The van der Waals surface area contributed by atoms with Crippen molar-refractivity contribution in [2.24, 2.45) is 11.3 Å². The standard InChI is InChI=1S/C25H28N6O/c26-14-11-25(20-4-1-2-5-20)12-16-30(17-13-25)22-6-3-15-31-23(22)28-24(29-31)27-21-9-7-19(18-32)8-10-21/h3,6-10,15,18,20H,1-2,4-5,11-13,16-17H2,(H,27,29). The highest BCUT2D eigenvalue weighted by molar-refractivity contribution is 5.76. The number of anilines is 3. The summed E-state index contributed by atoms with van der Waals surface area (Å²) in [5, 5.41) is 17.3. The zero-order chi connectivity index (χ0) is 22.0. The SMILES string of the molecule is N#CCC1(C2CCCC2)CCN(c2cccn3nc(Nc4ccc(C=O)cc4)nc23)CC1. The Morgan fingerprint density at radius 3 is 2.59 bits per heavy atom. The number of nitrogens with zero attached hydrogens (tertiary/aromatic N) is 5. The summed E-state index contributed by atoms with van der Waals surface area (Å²) in [6, 6.07) is 13.8. The van der Waals surface area contributed by atoms with Crippen LogP contribution in [0.1, 0.15) is 55.3 Å². The van der Waals surface area contributed by atoms with Gasteiger partial charge in [-0.25, -0.2) is 4.52 Å². The monoisotopic (exact) mass is 428 g/mol. The lowest BCUT2D eigenvalue weighted by Gasteiger charge is -2.45. The van der Waals surface area contributed by atoms with Crippen LogP contribution >= 0.6 is 0 Å². The molecule has 1 saturated heterocycles. The van der Waals surface area contributed by atoms with E-state index >= 15 is 0 Å². The third-order valence-electron chi connectivity index (χ3n) is 7.40. The quantitative estimate of drug-likeness (QED) is 0.558. The normalized spacial score (nSPS) is 18.5. The molecule has 3 heterocycles. The van der Waals surface area contributed by atoms with Gasteiger partial charge in [0.25, 0.3) is 0 Å². The van der Waals surface area contributed by atoms with E-state index in [1.165, 1.54) is 25.7 Å². The summed E-state index contributed by atoms with van der Waals surface area (Å²) in [5.41, 5.74) is 3.57. The van der Waals surface area contributed by atoms with Crippen LogP contribution < -0.4 is 10.2 Å². The van der Waals surface area contributed by atoms with Crippen LogP contribution in [0.3, 0.4) is 0 Å². The maximum atomic E-state index is 10.9. The summed E-state index contributed by atoms with van der Waals surface area (Å²) in [4.78, 5) is 18.0. The Labute approximate surface area is 188 Å². The molecule has 164 valence electrons. The van der Waals surface area contributed by atoms with Gasteiger partial charge in [-0.1, -0.05) is 12.8 Å². The molecule has 1 aromatic carbocycles. The molecule has 0 unspecified atom stereocenters. The van der Waals surface area contributed by atoms with Gasteiger partial charge >= 0.3 is 0 Å². The van der Waals surface area contributed by atoms with Crippen LogP contribution in [-0.4, -0.2) is 34.0 Å². The highest BCUT2D eigenvalue weighted by Crippen LogP contribution is 2.49. The zero-order valence-electron chi connectivity index (χ0n) is 18.2. The van der Waals surface area contributed by atoms with E-state index in [2.05, 4.69) is 27.5 Å². The van der Waals surface area contributed by atoms with Crippen molar-refractivity contribution in [1.29, 1.82) is 5.26 Å². The van der Waals surface area contributed by atoms with Crippen LogP contribution in [0.15, 0.2) is 42.6 Å². The van der Waals surface area contributed by atoms with Crippen LogP contribution in [0.5, 0.6) is 0 Å². The summed E-state index contributed by atoms with van der Waals surface area (Å²) in [5.74, 6) is 1.23. The van der Waals surface area contributed by atoms with Crippen molar-refractivity contribution in [1.82, 2.24) is 14.6 Å². The van der Waals surface area contributed by atoms with E-state index in [1.54, 1.807) is 12.1 Å². The van der Waals surface area contributed by atoms with Crippen molar-refractivity contribution in [3.63, 3.8) is 0 Å². The minimum Gasteiger partial charge on any atom is -0.368 e. The molecule has 7 nitrogen and oxygen atoms in total. The lowest BCUT2D eigenvalue weighted by atomic mass is 9.66. The van der Waals surface area contributed by atoms with E-state index in [0.717, 1.165) is 49.2 Å². The smallest absolute Gasteiger partial charge is 0.247 e. The van der Waals surface area contributed by atoms with E-state index in [1.807, 2.05) is 28.9 Å². The molecule has 32 heavy (non-hydrogen) atoms. The average Bonchev–Trinajstić information content (AvgIpc) is 3.50. The number of hydrogen-bond acceptors (Lipinski definition) is 6. The maximum absolute atomic E-state index is 10.9. The first-order valence-electron chi connectivity index (χ1n) is 11.5. The molecule has 2 aliphatic rings. The molecule has 0 atom stereocenters. The van der Waals surface area contributed by atoms with E-state index in [0.29, 0.717) is 23.9 Å². The largest absolute Gasteiger partial charge is 0.368 e. The van der Waals surface area contributed by atoms with Gasteiger partial charge in [-0.2, -0.15) is 10.2 Å². The van der Waals surface area contributed by atoms with Crippen LogP contribution in [0.25, 0.3) is 5.65 Å². The first kappa shape index (κ1) is 20.5. The van der Waals surface area contributed by atoms with Crippen molar-refractivity contribution in [2.45, 2.75) is 44.9 Å². The predicted octanol–water partition coefficient (Wildman–Crippen LogP) is 4.98. The average molecular weight is 429 g/mol. The van der Waals surface area contributed by atoms with E-state index < -0.39 is 0 Å². The number of benzene rings is 1. The van der Waals surface area contributed by atoms with Crippen molar-refractivity contribution in [3.8, 4) is 6.07 Å². The summed E-state index contributed by atoms with van der Waals surface area (Å²) >= 11 is 0. The van der Waals surface area contributed by atoms with Gasteiger partial charge in [0.05, 0.1) is 11.8 Å². The minimum absolute atomic E-state index is 0.181. The highest BCUT2D eigenvalue weighted by atomic mass is 16.1. The van der Waals surface area contributed by atoms with E-state index in [-0.39, 0.29) is 5.41 Å². The second-order valence-corrected chi connectivity index (χ2v) is 9.13. The fourth-order valence-corrected chi connectivity index (χ4v) is 5.58. The molecule has 7 heteroatoms. The number of fused-ring (bicyclic) bond motifs is 1. The summed E-state index contributed by atoms with van der Waals surface area (Å²) < 4.78 is 1.81. The Kier molecular flexibility index (Phi) is 5.52. The van der Waals surface area contributed by atoms with Gasteiger partial charge in [0.1, 0.15) is 6.29 Å². The number of aldehydes is 1. The van der Waals surface area contributed by atoms with Gasteiger partial charge < -0.3 is 10.2 Å². The predicted molar refractivity (Wildman–Crippen MR) is 124 cm³/mol. The lowest BCUT2D eigenvalue weighted by molar-refractivity contribution is 0.112. The van der Waals surface area contributed by atoms with Crippen molar-refractivity contribution < 1.29 is 4.79 Å². The number of nitrogens with one attached hydrogen (secondary N) is 1. The fourth-order valence-electron chi connectivity index (χ4n) is 5.58. The Balaban J connectivity index is 1.35. The molecule has 5 rings (SSSR count). The number of pyridine rings is 1.